The number of nitrogens with one attached hydrogen (secondary N) is 1. The number of likely N-dealkylation sites (tertiary alicyclic amines) is 1. The van der Waals surface area contributed by atoms with Crippen LogP contribution in [0.5, 0.6) is 5.88 Å². The molecule has 2 aromatic heterocycles. The molecule has 0 spiro atoms. The first kappa shape index (κ1) is 14.8. The van der Waals surface area contributed by atoms with Gasteiger partial charge in [0.25, 0.3) is 0 Å². The Morgan fingerprint density at radius 2 is 2.41 bits per heavy atom. The number of rotatable bonds is 3. The van der Waals surface area contributed by atoms with E-state index >= 15 is 0 Å². The van der Waals surface area contributed by atoms with Gasteiger partial charge in [0.05, 0.1) is 11.5 Å². The van der Waals surface area contributed by atoms with Crippen molar-refractivity contribution in [1.29, 1.82) is 0 Å². The maximum absolute atomic E-state index is 12.3. The van der Waals surface area contributed by atoms with E-state index in [1.807, 2.05) is 24.4 Å². The van der Waals surface area contributed by atoms with Crippen molar-refractivity contribution in [3.05, 3.63) is 35.6 Å². The Hall–Kier alpha value is -2.15. The van der Waals surface area contributed by atoms with E-state index in [1.165, 1.54) is 11.3 Å². The van der Waals surface area contributed by atoms with Crippen LogP contribution in [0, 0.1) is 6.92 Å². The lowest BCUT2D eigenvalue weighted by Gasteiger charge is -2.32. The molecule has 116 valence electrons. The molecule has 1 atom stereocenters. The molecule has 2 amide bonds. The predicted octanol–water partition coefficient (Wildman–Crippen LogP) is 2.92. The Morgan fingerprint density at radius 1 is 1.50 bits per heavy atom. The number of urea groups is 1. The highest BCUT2D eigenvalue weighted by Gasteiger charge is 2.25. The molecule has 0 aliphatic carbocycles. The number of aromatic nitrogens is 2. The van der Waals surface area contributed by atoms with Crippen LogP contribution in [0.2, 0.25) is 0 Å². The Labute approximate surface area is 133 Å². The molecule has 0 saturated carbocycles. The first-order valence-corrected chi connectivity index (χ1v) is 8.14. The highest BCUT2D eigenvalue weighted by Crippen LogP contribution is 2.19. The maximum atomic E-state index is 12.3. The van der Waals surface area contributed by atoms with Crippen molar-refractivity contribution in [3.8, 4) is 5.88 Å². The molecule has 3 heterocycles. The lowest BCUT2D eigenvalue weighted by atomic mass is 10.1. The fraction of sp³-hybridized carbons (Fsp3) is 0.400. The standard InChI is InChI=1S/C15H18N4O2S/c1-11-16-7-6-13(17-11)21-12-4-2-8-19(10-12)15(20)18-14-5-3-9-22-14/h3,5-7,9,12H,2,4,8,10H2,1H3,(H,18,20)/t12-/m0/s1. The molecule has 3 rings (SSSR count). The minimum atomic E-state index is -0.0744. The molecule has 1 saturated heterocycles. The largest absolute Gasteiger partial charge is 0.472 e. The van der Waals surface area contributed by atoms with Gasteiger partial charge in [-0.1, -0.05) is 0 Å². The third-order valence-corrected chi connectivity index (χ3v) is 4.24. The molecule has 0 bridgehead atoms. The van der Waals surface area contributed by atoms with Crippen LogP contribution in [-0.2, 0) is 0 Å². The minimum Gasteiger partial charge on any atom is -0.472 e. The van der Waals surface area contributed by atoms with E-state index in [1.54, 1.807) is 17.2 Å². The number of amides is 2. The van der Waals surface area contributed by atoms with Gasteiger partial charge in [-0.2, -0.15) is 4.98 Å². The molecule has 0 radical (unpaired) electrons. The van der Waals surface area contributed by atoms with Gasteiger partial charge < -0.3 is 9.64 Å². The number of thiophene rings is 1. The van der Waals surface area contributed by atoms with Crippen LogP contribution in [0.15, 0.2) is 29.8 Å². The van der Waals surface area contributed by atoms with Gasteiger partial charge in [-0.3, -0.25) is 5.32 Å². The highest BCUT2D eigenvalue weighted by atomic mass is 32.1. The normalized spacial score (nSPS) is 18.0. The molecule has 1 aliphatic heterocycles. The van der Waals surface area contributed by atoms with Gasteiger partial charge in [-0.25, -0.2) is 9.78 Å². The first-order valence-electron chi connectivity index (χ1n) is 7.26. The Morgan fingerprint density at radius 3 is 3.18 bits per heavy atom. The number of aryl methyl sites for hydroxylation is 1. The van der Waals surface area contributed by atoms with E-state index in [4.69, 9.17) is 4.74 Å². The van der Waals surface area contributed by atoms with Gasteiger partial charge in [0, 0.05) is 18.8 Å². The van der Waals surface area contributed by atoms with E-state index in [0.717, 1.165) is 24.4 Å². The van der Waals surface area contributed by atoms with Gasteiger partial charge in [0.1, 0.15) is 11.9 Å². The number of carbonyl (C=O) groups is 1. The number of piperidine rings is 1. The highest BCUT2D eigenvalue weighted by molar-refractivity contribution is 7.14. The molecule has 1 N–H and O–H groups in total. The fourth-order valence-electron chi connectivity index (χ4n) is 2.42. The average Bonchev–Trinajstić information content (AvgIpc) is 3.00. The maximum Gasteiger partial charge on any atom is 0.322 e. The SMILES string of the molecule is Cc1nccc(O[C@H]2CCCN(C(=O)Nc3cccs3)C2)n1. The number of hydrogen-bond acceptors (Lipinski definition) is 5. The molecule has 1 aliphatic rings. The summed E-state index contributed by atoms with van der Waals surface area (Å²) in [6.07, 6.45) is 3.50. The lowest BCUT2D eigenvalue weighted by Crippen LogP contribution is -2.46. The van der Waals surface area contributed by atoms with E-state index in [-0.39, 0.29) is 12.1 Å². The summed E-state index contributed by atoms with van der Waals surface area (Å²) >= 11 is 1.51. The van der Waals surface area contributed by atoms with E-state index < -0.39 is 0 Å². The molecule has 6 nitrogen and oxygen atoms in total. The zero-order valence-electron chi connectivity index (χ0n) is 12.4. The molecular formula is C15H18N4O2S. The van der Waals surface area contributed by atoms with Gasteiger partial charge in [-0.05, 0) is 37.3 Å². The zero-order chi connectivity index (χ0) is 15.4. The third-order valence-electron chi connectivity index (χ3n) is 3.45. The van der Waals surface area contributed by atoms with Gasteiger partial charge >= 0.3 is 6.03 Å². The van der Waals surface area contributed by atoms with Crippen molar-refractivity contribution < 1.29 is 9.53 Å². The van der Waals surface area contributed by atoms with Crippen LogP contribution in [0.25, 0.3) is 0 Å². The smallest absolute Gasteiger partial charge is 0.322 e. The van der Waals surface area contributed by atoms with Crippen molar-refractivity contribution in [2.75, 3.05) is 18.4 Å². The predicted molar refractivity (Wildman–Crippen MR) is 85.3 cm³/mol. The van der Waals surface area contributed by atoms with E-state index in [0.29, 0.717) is 18.2 Å². The van der Waals surface area contributed by atoms with Crippen LogP contribution in [-0.4, -0.2) is 40.1 Å². The van der Waals surface area contributed by atoms with Gasteiger partial charge in [0.2, 0.25) is 5.88 Å². The number of nitrogens with zero attached hydrogens (tertiary/aromatic N) is 3. The molecular weight excluding hydrogens is 300 g/mol. The van der Waals surface area contributed by atoms with Crippen LogP contribution in [0.4, 0.5) is 9.80 Å². The summed E-state index contributed by atoms with van der Waals surface area (Å²) in [6.45, 7) is 3.15. The number of hydrogen-bond donors (Lipinski definition) is 1. The van der Waals surface area contributed by atoms with Crippen LogP contribution < -0.4 is 10.1 Å². The van der Waals surface area contributed by atoms with Crippen LogP contribution in [0.1, 0.15) is 18.7 Å². The second kappa shape index (κ2) is 6.74. The summed E-state index contributed by atoms with van der Waals surface area (Å²) in [5.74, 6) is 1.25. The van der Waals surface area contributed by atoms with Gasteiger partial charge in [-0.15, -0.1) is 11.3 Å². The summed E-state index contributed by atoms with van der Waals surface area (Å²) in [6, 6.07) is 5.48. The third kappa shape index (κ3) is 3.73. The van der Waals surface area contributed by atoms with Crippen LogP contribution in [0.3, 0.4) is 0 Å². The molecule has 0 unspecified atom stereocenters. The zero-order valence-corrected chi connectivity index (χ0v) is 13.2. The summed E-state index contributed by atoms with van der Waals surface area (Å²) in [7, 11) is 0. The Kier molecular flexibility index (Phi) is 4.53. The van der Waals surface area contributed by atoms with Crippen LogP contribution >= 0.6 is 11.3 Å². The first-order chi connectivity index (χ1) is 10.7. The second-order valence-electron chi connectivity index (χ2n) is 5.18. The summed E-state index contributed by atoms with van der Waals surface area (Å²) in [5.41, 5.74) is 0. The molecule has 22 heavy (non-hydrogen) atoms. The second-order valence-corrected chi connectivity index (χ2v) is 6.13. The quantitative estimate of drug-likeness (QED) is 0.945. The summed E-state index contributed by atoms with van der Waals surface area (Å²) in [5, 5.41) is 5.71. The van der Waals surface area contributed by atoms with E-state index in [9.17, 15) is 4.79 Å². The molecule has 1 fully saturated rings. The number of ether oxygens (including phenoxy) is 1. The fourth-order valence-corrected chi connectivity index (χ4v) is 3.03. The van der Waals surface area contributed by atoms with Crippen molar-refractivity contribution in [2.24, 2.45) is 0 Å². The van der Waals surface area contributed by atoms with Crippen molar-refractivity contribution in [2.45, 2.75) is 25.9 Å². The monoisotopic (exact) mass is 318 g/mol. The van der Waals surface area contributed by atoms with Crippen molar-refractivity contribution in [1.82, 2.24) is 14.9 Å². The molecule has 2 aromatic rings. The Bertz CT molecular complexity index is 632. The van der Waals surface area contributed by atoms with Crippen molar-refractivity contribution in [3.63, 3.8) is 0 Å². The topological polar surface area (TPSA) is 67.3 Å². The lowest BCUT2D eigenvalue weighted by molar-refractivity contribution is 0.102. The van der Waals surface area contributed by atoms with Crippen molar-refractivity contribution >= 4 is 22.4 Å². The average molecular weight is 318 g/mol. The number of carbonyl (C=O) groups excluding carboxylic acids is 1. The number of anilines is 1. The summed E-state index contributed by atoms with van der Waals surface area (Å²) in [4.78, 5) is 22.4. The minimum absolute atomic E-state index is 0.0304. The molecule has 7 heteroatoms. The van der Waals surface area contributed by atoms with Gasteiger partial charge in [0.15, 0.2) is 0 Å². The Balaban J connectivity index is 1.58. The molecule has 0 aromatic carbocycles. The van der Waals surface area contributed by atoms with E-state index in [2.05, 4.69) is 15.3 Å². The summed E-state index contributed by atoms with van der Waals surface area (Å²) < 4.78 is 5.88.